The van der Waals surface area contributed by atoms with E-state index in [9.17, 15) is 0 Å². The molecule has 148 valence electrons. The van der Waals surface area contributed by atoms with E-state index < -0.39 is 0 Å². The predicted octanol–water partition coefficient (Wildman–Crippen LogP) is 7.36. The number of fused-ring (bicyclic) bond motifs is 2. The monoisotopic (exact) mass is 427 g/mol. The Morgan fingerprint density at radius 3 is 1.83 bits per heavy atom. The van der Waals surface area contributed by atoms with Crippen LogP contribution in [0.4, 0.5) is 0 Å². The van der Waals surface area contributed by atoms with E-state index in [2.05, 4.69) is 39.2 Å². The number of thiazole rings is 1. The molecule has 30 heavy (non-hydrogen) atoms. The van der Waals surface area contributed by atoms with Crippen molar-refractivity contribution in [2.75, 3.05) is 0 Å². The van der Waals surface area contributed by atoms with Crippen LogP contribution in [0.15, 0.2) is 125 Å². The van der Waals surface area contributed by atoms with Crippen molar-refractivity contribution >= 4 is 44.3 Å². The van der Waals surface area contributed by atoms with Crippen molar-refractivity contribution in [2.24, 2.45) is 0 Å². The molecule has 0 aliphatic carbocycles. The van der Waals surface area contributed by atoms with Gasteiger partial charge < -0.3 is 0 Å². The number of thiophene rings is 1. The van der Waals surface area contributed by atoms with Gasteiger partial charge in [-0.15, -0.1) is 11.3 Å². The molecule has 5 heteroatoms. The fraction of sp³-hybridized carbons (Fsp3) is 0. The minimum Gasteiger partial charge on any atom is -0.264 e. The number of aromatic nitrogens is 3. The van der Waals surface area contributed by atoms with Gasteiger partial charge in [-0.3, -0.25) is 15.0 Å². The van der Waals surface area contributed by atoms with Crippen LogP contribution >= 0.6 is 22.7 Å². The first-order chi connectivity index (χ1) is 14.9. The van der Waals surface area contributed by atoms with E-state index >= 15 is 0 Å². The van der Waals surface area contributed by atoms with Gasteiger partial charge in [0.15, 0.2) is 0 Å². The zero-order valence-corrected chi connectivity index (χ0v) is 17.9. The second kappa shape index (κ2) is 12.9. The summed E-state index contributed by atoms with van der Waals surface area (Å²) in [6.07, 6.45) is 7.25. The largest absolute Gasteiger partial charge is 0.264 e. The van der Waals surface area contributed by atoms with Crippen LogP contribution in [-0.2, 0) is 0 Å². The highest BCUT2D eigenvalue weighted by Crippen LogP contribution is 2.09. The van der Waals surface area contributed by atoms with E-state index in [1.807, 2.05) is 89.3 Å². The number of nitrogens with zero attached hydrogens (tertiary/aromatic N) is 3. The lowest BCUT2D eigenvalue weighted by Gasteiger charge is -1.91. The molecule has 4 aromatic heterocycles. The minimum atomic E-state index is 1.06. The molecule has 0 aliphatic rings. The number of rotatable bonds is 0. The Kier molecular flexibility index (Phi) is 9.18. The van der Waals surface area contributed by atoms with Gasteiger partial charge in [0.1, 0.15) is 0 Å². The molecule has 4 heterocycles. The predicted molar refractivity (Wildman–Crippen MR) is 130 cm³/mol. The summed E-state index contributed by atoms with van der Waals surface area (Å²) < 4.78 is 0. The van der Waals surface area contributed by atoms with Crippen LogP contribution in [0.2, 0.25) is 0 Å². The van der Waals surface area contributed by atoms with Gasteiger partial charge in [0.05, 0.1) is 11.0 Å². The van der Waals surface area contributed by atoms with Gasteiger partial charge >= 0.3 is 0 Å². The first kappa shape index (κ1) is 21.3. The maximum Gasteiger partial charge on any atom is 0.0791 e. The van der Waals surface area contributed by atoms with E-state index in [-0.39, 0.29) is 0 Å². The third-order valence-electron chi connectivity index (χ3n) is 3.83. The Hall–Kier alpha value is -3.41. The summed E-state index contributed by atoms with van der Waals surface area (Å²) in [5.41, 5.74) is 2.85. The second-order valence-electron chi connectivity index (χ2n) is 5.89. The first-order valence-electron chi connectivity index (χ1n) is 9.31. The lowest BCUT2D eigenvalue weighted by molar-refractivity contribution is 1.36. The smallest absolute Gasteiger partial charge is 0.0791 e. The molecule has 0 amide bonds. The zero-order valence-electron chi connectivity index (χ0n) is 16.3. The summed E-state index contributed by atoms with van der Waals surface area (Å²) in [7, 11) is 0. The number of hydrogen-bond acceptors (Lipinski definition) is 5. The zero-order chi connectivity index (χ0) is 20.7. The molecule has 0 unspecified atom stereocenters. The molecule has 0 bridgehead atoms. The molecule has 6 aromatic rings. The molecule has 0 fully saturated rings. The highest BCUT2D eigenvalue weighted by Gasteiger charge is 1.87. The van der Waals surface area contributed by atoms with Crippen LogP contribution in [0.3, 0.4) is 0 Å². The molecule has 0 spiro atoms. The summed E-state index contributed by atoms with van der Waals surface area (Å²) in [6, 6.07) is 26.3. The molecule has 0 aliphatic heterocycles. The number of pyridine rings is 2. The van der Waals surface area contributed by atoms with Crippen LogP contribution in [0.25, 0.3) is 21.7 Å². The van der Waals surface area contributed by atoms with Gasteiger partial charge in [0, 0.05) is 35.6 Å². The average Bonchev–Trinajstić information content (AvgIpc) is 3.59. The van der Waals surface area contributed by atoms with Crippen LogP contribution < -0.4 is 0 Å². The van der Waals surface area contributed by atoms with Crippen LogP contribution in [0, 0.1) is 0 Å². The van der Waals surface area contributed by atoms with Crippen LogP contribution in [0.5, 0.6) is 0 Å². The third-order valence-corrected chi connectivity index (χ3v) is 4.99. The SMILES string of the molecule is c1ccc2cnccc2c1.c1ccc2ncccc2c1.c1ccsc1.c1cscn1. The quantitative estimate of drug-likeness (QED) is 0.254. The number of hydrogen-bond donors (Lipinski definition) is 0. The Morgan fingerprint density at radius 2 is 1.23 bits per heavy atom. The van der Waals surface area contributed by atoms with Crippen molar-refractivity contribution in [3.8, 4) is 0 Å². The molecule has 0 saturated carbocycles. The van der Waals surface area contributed by atoms with Gasteiger partial charge in [-0.1, -0.05) is 60.7 Å². The first-order valence-corrected chi connectivity index (χ1v) is 11.2. The summed E-state index contributed by atoms with van der Waals surface area (Å²) in [5, 5.41) is 9.66. The van der Waals surface area contributed by atoms with E-state index in [4.69, 9.17) is 0 Å². The maximum atomic E-state index is 4.18. The molecule has 0 atom stereocenters. The fourth-order valence-corrected chi connectivity index (χ4v) is 3.25. The van der Waals surface area contributed by atoms with Crippen molar-refractivity contribution in [3.63, 3.8) is 0 Å². The topological polar surface area (TPSA) is 38.7 Å². The van der Waals surface area contributed by atoms with Gasteiger partial charge in [-0.2, -0.15) is 11.3 Å². The summed E-state index contributed by atoms with van der Waals surface area (Å²) in [6.45, 7) is 0. The summed E-state index contributed by atoms with van der Waals surface area (Å²) in [4.78, 5) is 11.9. The van der Waals surface area contributed by atoms with Crippen molar-refractivity contribution in [1.29, 1.82) is 0 Å². The number of para-hydroxylation sites is 1. The lowest BCUT2D eigenvalue weighted by atomic mass is 10.2. The van der Waals surface area contributed by atoms with Crippen LogP contribution in [-0.4, -0.2) is 15.0 Å². The average molecular weight is 428 g/mol. The highest BCUT2D eigenvalue weighted by atomic mass is 32.1. The van der Waals surface area contributed by atoms with Gasteiger partial charge in [0.25, 0.3) is 0 Å². The number of benzene rings is 2. The minimum absolute atomic E-state index is 1.06. The molecular weight excluding hydrogens is 406 g/mol. The lowest BCUT2D eigenvalue weighted by Crippen LogP contribution is -1.73. The van der Waals surface area contributed by atoms with Crippen LogP contribution in [0.1, 0.15) is 0 Å². The van der Waals surface area contributed by atoms with E-state index in [1.54, 1.807) is 34.4 Å². The third kappa shape index (κ3) is 7.54. The molecule has 0 saturated heterocycles. The maximum absolute atomic E-state index is 4.18. The Balaban J connectivity index is 0.000000120. The highest BCUT2D eigenvalue weighted by molar-refractivity contribution is 7.07. The summed E-state index contributed by atoms with van der Waals surface area (Å²) in [5.74, 6) is 0. The Bertz CT molecular complexity index is 941. The molecule has 3 nitrogen and oxygen atoms in total. The normalized spacial score (nSPS) is 9.33. The van der Waals surface area contributed by atoms with Crippen molar-refractivity contribution in [2.45, 2.75) is 0 Å². The fourth-order valence-electron chi connectivity index (χ4n) is 2.45. The Labute approximate surface area is 184 Å². The van der Waals surface area contributed by atoms with Gasteiger partial charge in [0.2, 0.25) is 0 Å². The van der Waals surface area contributed by atoms with E-state index in [0.29, 0.717) is 0 Å². The molecule has 2 aromatic carbocycles. The van der Waals surface area contributed by atoms with Gasteiger partial charge in [-0.25, -0.2) is 0 Å². The van der Waals surface area contributed by atoms with Gasteiger partial charge in [-0.05, 0) is 39.7 Å². The van der Waals surface area contributed by atoms with Crippen molar-refractivity contribution < 1.29 is 0 Å². The van der Waals surface area contributed by atoms with Crippen molar-refractivity contribution in [1.82, 2.24) is 15.0 Å². The second-order valence-corrected chi connectivity index (χ2v) is 7.46. The molecule has 0 radical (unpaired) electrons. The van der Waals surface area contributed by atoms with Crippen molar-refractivity contribution in [3.05, 3.63) is 125 Å². The molecule has 0 N–H and O–H groups in total. The molecule has 6 rings (SSSR count). The Morgan fingerprint density at radius 1 is 0.500 bits per heavy atom. The van der Waals surface area contributed by atoms with E-state index in [1.165, 1.54) is 16.2 Å². The summed E-state index contributed by atoms with van der Waals surface area (Å²) >= 11 is 3.31. The molecular formula is C25H21N3S2. The standard InChI is InChI=1S/2C9H7N.C4H4S.C3H3NS/c1-2-6-9-8(4-1)5-3-7-10-9;1-2-4-9-7-10-6-5-8(9)3-1;1-2-4-5-3-1;1-2-5-3-4-1/h2*1-7H;1-4H;1-3H. The van der Waals surface area contributed by atoms with E-state index in [0.717, 1.165) is 5.52 Å².